The lowest BCUT2D eigenvalue weighted by molar-refractivity contribution is 0.0627. The van der Waals surface area contributed by atoms with Crippen LogP contribution in [0.15, 0.2) is 40.9 Å². The number of benzene rings is 1. The second-order valence-electron chi connectivity index (χ2n) is 7.83. The molecule has 1 aliphatic heterocycles. The molecule has 3 heterocycles. The standard InChI is InChI=1S/C23H28N4O2/c1-16-14-21(18(3)27(16)20-8-6-5-7-9-20)23(28)26-12-10-25(11-13-26)15-22-17(2)24-29-19(22)4/h5-9,14H,10-13,15H2,1-4H3. The van der Waals surface area contributed by atoms with Crippen molar-refractivity contribution in [1.82, 2.24) is 19.5 Å². The number of carbonyl (C=O) groups excluding carboxylic acids is 1. The molecule has 1 aliphatic rings. The fourth-order valence-corrected chi connectivity index (χ4v) is 4.18. The maximum Gasteiger partial charge on any atom is 0.255 e. The summed E-state index contributed by atoms with van der Waals surface area (Å²) in [4.78, 5) is 17.6. The summed E-state index contributed by atoms with van der Waals surface area (Å²) in [6.45, 7) is 12.0. The maximum atomic E-state index is 13.2. The van der Waals surface area contributed by atoms with E-state index in [1.165, 1.54) is 0 Å². The van der Waals surface area contributed by atoms with Gasteiger partial charge in [0.2, 0.25) is 0 Å². The lowest BCUT2D eigenvalue weighted by Gasteiger charge is -2.34. The highest BCUT2D eigenvalue weighted by Gasteiger charge is 2.26. The fourth-order valence-electron chi connectivity index (χ4n) is 4.18. The third-order valence-corrected chi connectivity index (χ3v) is 5.90. The molecule has 1 amide bonds. The predicted octanol–water partition coefficient (Wildman–Crippen LogP) is 3.66. The van der Waals surface area contributed by atoms with Crippen LogP contribution in [0.3, 0.4) is 0 Å². The van der Waals surface area contributed by atoms with E-state index in [0.29, 0.717) is 0 Å². The van der Waals surface area contributed by atoms with Gasteiger partial charge in [0.1, 0.15) is 5.76 Å². The van der Waals surface area contributed by atoms with Crippen molar-refractivity contribution >= 4 is 5.91 Å². The van der Waals surface area contributed by atoms with Gasteiger partial charge >= 0.3 is 0 Å². The number of rotatable bonds is 4. The molecule has 3 aromatic rings. The minimum Gasteiger partial charge on any atom is -0.361 e. The van der Waals surface area contributed by atoms with Crippen LogP contribution >= 0.6 is 0 Å². The largest absolute Gasteiger partial charge is 0.361 e. The molecule has 1 fully saturated rings. The molecule has 0 bridgehead atoms. The summed E-state index contributed by atoms with van der Waals surface area (Å²) in [6, 6.07) is 12.2. The number of aromatic nitrogens is 2. The first-order valence-electron chi connectivity index (χ1n) is 10.1. The van der Waals surface area contributed by atoms with Gasteiger partial charge in [-0.3, -0.25) is 9.69 Å². The lowest BCUT2D eigenvalue weighted by atomic mass is 10.1. The Labute approximate surface area is 171 Å². The first-order valence-corrected chi connectivity index (χ1v) is 10.1. The zero-order valence-corrected chi connectivity index (χ0v) is 17.6. The molecule has 4 rings (SSSR count). The number of piperazine rings is 1. The molecular formula is C23H28N4O2. The summed E-state index contributed by atoms with van der Waals surface area (Å²) < 4.78 is 7.43. The van der Waals surface area contributed by atoms with Crippen molar-refractivity contribution in [3.63, 3.8) is 0 Å². The quantitative estimate of drug-likeness (QED) is 0.680. The number of aryl methyl sites for hydroxylation is 3. The lowest BCUT2D eigenvalue weighted by Crippen LogP contribution is -2.48. The van der Waals surface area contributed by atoms with Gasteiger partial charge in [-0.1, -0.05) is 23.4 Å². The fraction of sp³-hybridized carbons (Fsp3) is 0.391. The van der Waals surface area contributed by atoms with Crippen LogP contribution in [0.5, 0.6) is 0 Å². The number of nitrogens with zero attached hydrogens (tertiary/aromatic N) is 4. The molecule has 0 radical (unpaired) electrons. The van der Waals surface area contributed by atoms with Crippen LogP contribution in [0.4, 0.5) is 0 Å². The van der Waals surface area contributed by atoms with Crippen molar-refractivity contribution in [3.05, 3.63) is 70.4 Å². The van der Waals surface area contributed by atoms with Crippen molar-refractivity contribution in [2.24, 2.45) is 0 Å². The summed E-state index contributed by atoms with van der Waals surface area (Å²) in [6.07, 6.45) is 0. The molecule has 152 valence electrons. The molecule has 0 unspecified atom stereocenters. The molecule has 1 aromatic carbocycles. The molecule has 0 saturated carbocycles. The average molecular weight is 393 g/mol. The summed E-state index contributed by atoms with van der Waals surface area (Å²) in [5.74, 6) is 1.01. The smallest absolute Gasteiger partial charge is 0.255 e. The summed E-state index contributed by atoms with van der Waals surface area (Å²) in [5, 5.41) is 4.04. The van der Waals surface area contributed by atoms with Crippen molar-refractivity contribution in [2.75, 3.05) is 26.2 Å². The first kappa shape index (κ1) is 19.5. The molecule has 1 saturated heterocycles. The summed E-state index contributed by atoms with van der Waals surface area (Å²) in [7, 11) is 0. The van der Waals surface area contributed by atoms with E-state index in [4.69, 9.17) is 4.52 Å². The van der Waals surface area contributed by atoms with Gasteiger partial charge in [0.15, 0.2) is 0 Å². The van der Waals surface area contributed by atoms with Crippen LogP contribution in [-0.2, 0) is 6.54 Å². The van der Waals surface area contributed by atoms with Gasteiger partial charge in [-0.25, -0.2) is 0 Å². The average Bonchev–Trinajstić information content (AvgIpc) is 3.21. The molecule has 29 heavy (non-hydrogen) atoms. The minimum atomic E-state index is 0.122. The van der Waals surface area contributed by atoms with Crippen LogP contribution in [0.2, 0.25) is 0 Å². The second kappa shape index (κ2) is 7.87. The van der Waals surface area contributed by atoms with Crippen molar-refractivity contribution in [1.29, 1.82) is 0 Å². The Hall–Kier alpha value is -2.86. The number of hydrogen-bond acceptors (Lipinski definition) is 4. The van der Waals surface area contributed by atoms with Crippen LogP contribution in [-0.4, -0.2) is 51.6 Å². The van der Waals surface area contributed by atoms with Crippen molar-refractivity contribution in [3.8, 4) is 5.69 Å². The molecule has 0 spiro atoms. The third kappa shape index (κ3) is 3.72. The van der Waals surface area contributed by atoms with E-state index in [1.807, 2.05) is 49.9 Å². The normalized spacial score (nSPS) is 15.1. The highest BCUT2D eigenvalue weighted by Crippen LogP contribution is 2.23. The van der Waals surface area contributed by atoms with E-state index in [1.54, 1.807) is 0 Å². The zero-order valence-electron chi connectivity index (χ0n) is 17.6. The Morgan fingerprint density at radius 3 is 2.34 bits per heavy atom. The first-order chi connectivity index (χ1) is 14.0. The minimum absolute atomic E-state index is 0.122. The highest BCUT2D eigenvalue weighted by molar-refractivity contribution is 5.96. The molecule has 0 aliphatic carbocycles. The van der Waals surface area contributed by atoms with E-state index in [2.05, 4.69) is 33.7 Å². The molecular weight excluding hydrogens is 364 g/mol. The van der Waals surface area contributed by atoms with Gasteiger partial charge < -0.3 is 14.0 Å². The highest BCUT2D eigenvalue weighted by atomic mass is 16.5. The van der Waals surface area contributed by atoms with Crippen molar-refractivity contribution in [2.45, 2.75) is 34.2 Å². The Bertz CT molecular complexity index is 992. The van der Waals surface area contributed by atoms with Gasteiger partial charge in [0.05, 0.1) is 11.3 Å². The van der Waals surface area contributed by atoms with E-state index in [9.17, 15) is 4.79 Å². The van der Waals surface area contributed by atoms with E-state index < -0.39 is 0 Å². The Kier molecular flexibility index (Phi) is 5.28. The van der Waals surface area contributed by atoms with Gasteiger partial charge in [-0.05, 0) is 45.9 Å². The van der Waals surface area contributed by atoms with E-state index in [0.717, 1.165) is 72.4 Å². The zero-order chi connectivity index (χ0) is 20.5. The molecule has 0 atom stereocenters. The number of para-hydroxylation sites is 1. The summed E-state index contributed by atoms with van der Waals surface area (Å²) in [5.41, 5.74) is 6.08. The van der Waals surface area contributed by atoms with Gasteiger partial charge in [-0.2, -0.15) is 0 Å². The maximum absolute atomic E-state index is 13.2. The topological polar surface area (TPSA) is 54.5 Å². The molecule has 0 N–H and O–H groups in total. The molecule has 6 nitrogen and oxygen atoms in total. The monoisotopic (exact) mass is 392 g/mol. The Balaban J connectivity index is 1.45. The van der Waals surface area contributed by atoms with Gasteiger partial charge in [0, 0.05) is 55.4 Å². The predicted molar refractivity (Wildman–Crippen MR) is 112 cm³/mol. The molecule has 6 heteroatoms. The second-order valence-corrected chi connectivity index (χ2v) is 7.83. The van der Waals surface area contributed by atoms with E-state index >= 15 is 0 Å². The van der Waals surface area contributed by atoms with Crippen LogP contribution in [0.25, 0.3) is 5.69 Å². The van der Waals surface area contributed by atoms with Crippen LogP contribution in [0, 0.1) is 27.7 Å². The number of carbonyl (C=O) groups is 1. The van der Waals surface area contributed by atoms with Crippen LogP contribution < -0.4 is 0 Å². The van der Waals surface area contributed by atoms with Gasteiger partial charge in [0.25, 0.3) is 5.91 Å². The van der Waals surface area contributed by atoms with Crippen molar-refractivity contribution < 1.29 is 9.32 Å². The van der Waals surface area contributed by atoms with Crippen LogP contribution in [0.1, 0.15) is 38.8 Å². The van der Waals surface area contributed by atoms with Gasteiger partial charge in [-0.15, -0.1) is 0 Å². The SMILES string of the molecule is Cc1noc(C)c1CN1CCN(C(=O)c2cc(C)n(-c3ccccc3)c2C)CC1. The van der Waals surface area contributed by atoms with E-state index in [-0.39, 0.29) is 5.91 Å². The Morgan fingerprint density at radius 1 is 1.03 bits per heavy atom. The number of hydrogen-bond donors (Lipinski definition) is 0. The third-order valence-electron chi connectivity index (χ3n) is 5.90. The number of amides is 1. The molecule has 2 aromatic heterocycles. The summed E-state index contributed by atoms with van der Waals surface area (Å²) >= 11 is 0. The Morgan fingerprint density at radius 2 is 1.72 bits per heavy atom.